The molecule has 0 saturated carbocycles. The second kappa shape index (κ2) is 5.46. The van der Waals surface area contributed by atoms with Crippen LogP contribution in [0.25, 0.3) is 0 Å². The van der Waals surface area contributed by atoms with Gasteiger partial charge in [0.25, 0.3) is 0 Å². The quantitative estimate of drug-likeness (QED) is 0.591. The highest BCUT2D eigenvalue weighted by atomic mass is 32.2. The lowest BCUT2D eigenvalue weighted by Gasteiger charge is -1.98. The van der Waals surface area contributed by atoms with Gasteiger partial charge in [0.05, 0.1) is 11.5 Å². The lowest BCUT2D eigenvalue weighted by molar-refractivity contribution is -0.137. The summed E-state index contributed by atoms with van der Waals surface area (Å²) in [5.41, 5.74) is 0. The molecule has 0 fully saturated rings. The van der Waals surface area contributed by atoms with Crippen LogP contribution in [0.15, 0.2) is 46.7 Å². The average Bonchev–Trinajstić information content (AvgIpc) is 2.28. The molecule has 0 unspecified atom stereocenters. The molecule has 0 saturated heterocycles. The molecule has 0 amide bonds. The second-order valence-electron chi connectivity index (χ2n) is 2.91. The van der Waals surface area contributed by atoms with Crippen LogP contribution in [0.4, 0.5) is 0 Å². The number of carbonyl (C=O) groups is 1. The van der Waals surface area contributed by atoms with E-state index >= 15 is 0 Å². The van der Waals surface area contributed by atoms with Crippen LogP contribution in [0.5, 0.6) is 0 Å². The molecule has 0 aliphatic rings. The Kier molecular flexibility index (Phi) is 4.25. The summed E-state index contributed by atoms with van der Waals surface area (Å²) >= 11 is 0. The number of ether oxygens (including phenoxy) is 1. The largest absolute Gasteiger partial charge is 0.463 e. The van der Waals surface area contributed by atoms with Crippen LogP contribution in [0.1, 0.15) is 6.92 Å². The van der Waals surface area contributed by atoms with Crippen molar-refractivity contribution in [3.05, 3.63) is 41.8 Å². The van der Waals surface area contributed by atoms with Crippen LogP contribution in [-0.4, -0.2) is 21.0 Å². The molecule has 4 nitrogen and oxygen atoms in total. The van der Waals surface area contributed by atoms with Crippen molar-refractivity contribution in [1.29, 1.82) is 0 Å². The molecule has 0 bridgehead atoms. The third-order valence-electron chi connectivity index (χ3n) is 1.74. The molecule has 5 heteroatoms. The zero-order valence-corrected chi connectivity index (χ0v) is 9.61. The van der Waals surface area contributed by atoms with E-state index in [-0.39, 0.29) is 11.5 Å². The fourth-order valence-electron chi connectivity index (χ4n) is 1.02. The monoisotopic (exact) mass is 240 g/mol. The number of sulfone groups is 1. The van der Waals surface area contributed by atoms with Crippen molar-refractivity contribution in [2.45, 2.75) is 11.8 Å². The summed E-state index contributed by atoms with van der Waals surface area (Å²) in [5, 5.41) is 0.848. The normalized spacial score (nSPS) is 11.6. The molecule has 0 spiro atoms. The van der Waals surface area contributed by atoms with Gasteiger partial charge in [-0.1, -0.05) is 18.2 Å². The van der Waals surface area contributed by atoms with E-state index in [9.17, 15) is 13.2 Å². The van der Waals surface area contributed by atoms with Crippen LogP contribution < -0.4 is 0 Å². The van der Waals surface area contributed by atoms with Gasteiger partial charge in [0.1, 0.15) is 0 Å². The van der Waals surface area contributed by atoms with Crippen molar-refractivity contribution in [2.75, 3.05) is 6.61 Å². The average molecular weight is 240 g/mol. The fraction of sp³-hybridized carbons (Fsp3) is 0.182. The minimum absolute atomic E-state index is 0.149. The minimum atomic E-state index is -3.56. The minimum Gasteiger partial charge on any atom is -0.463 e. The van der Waals surface area contributed by atoms with Crippen LogP contribution >= 0.6 is 0 Å². The Balaban J connectivity index is 2.85. The van der Waals surface area contributed by atoms with E-state index in [4.69, 9.17) is 0 Å². The van der Waals surface area contributed by atoms with Crippen LogP contribution in [0.3, 0.4) is 0 Å². The Hall–Kier alpha value is -1.62. The van der Waals surface area contributed by atoms with Gasteiger partial charge in [-0.15, -0.1) is 0 Å². The maximum absolute atomic E-state index is 11.6. The van der Waals surface area contributed by atoms with E-state index in [1.54, 1.807) is 25.1 Å². The Morgan fingerprint density at radius 2 is 1.94 bits per heavy atom. The third kappa shape index (κ3) is 3.51. The molecular formula is C11H12O4S. The summed E-state index contributed by atoms with van der Waals surface area (Å²) in [6.07, 6.45) is 0.909. The predicted octanol–water partition coefficient (Wildman–Crippen LogP) is 1.54. The van der Waals surface area contributed by atoms with Gasteiger partial charge in [0.15, 0.2) is 9.84 Å². The maximum atomic E-state index is 11.6. The van der Waals surface area contributed by atoms with E-state index in [0.717, 1.165) is 11.5 Å². The summed E-state index contributed by atoms with van der Waals surface area (Å²) in [6, 6.07) is 7.87. The first kappa shape index (κ1) is 12.4. The molecule has 0 aliphatic heterocycles. The first-order valence-electron chi connectivity index (χ1n) is 4.71. The summed E-state index contributed by atoms with van der Waals surface area (Å²) in [7, 11) is -3.56. The molecule has 0 aromatic heterocycles. The number of rotatable bonds is 4. The van der Waals surface area contributed by atoms with Crippen LogP contribution in [-0.2, 0) is 19.4 Å². The van der Waals surface area contributed by atoms with Crippen molar-refractivity contribution in [2.24, 2.45) is 0 Å². The first-order valence-corrected chi connectivity index (χ1v) is 6.26. The molecule has 1 aromatic carbocycles. The molecule has 86 valence electrons. The SMILES string of the molecule is CCOC(=O)/C=C/S(=O)(=O)c1ccccc1. The van der Waals surface area contributed by atoms with E-state index in [1.165, 1.54) is 12.1 Å². The topological polar surface area (TPSA) is 60.4 Å². The Morgan fingerprint density at radius 3 is 2.50 bits per heavy atom. The van der Waals surface area contributed by atoms with E-state index < -0.39 is 15.8 Å². The Bertz CT molecular complexity index is 474. The van der Waals surface area contributed by atoms with E-state index in [0.29, 0.717) is 0 Å². The molecule has 0 atom stereocenters. The van der Waals surface area contributed by atoms with Gasteiger partial charge in [-0.25, -0.2) is 13.2 Å². The number of carbonyl (C=O) groups excluding carboxylic acids is 1. The smallest absolute Gasteiger partial charge is 0.331 e. The van der Waals surface area contributed by atoms with E-state index in [2.05, 4.69) is 4.74 Å². The standard InChI is InChI=1S/C11H12O4S/c1-2-15-11(12)8-9-16(13,14)10-6-4-3-5-7-10/h3-9H,2H2,1H3/b9-8+. The molecular weight excluding hydrogens is 228 g/mol. The van der Waals surface area contributed by atoms with Gasteiger partial charge in [-0.05, 0) is 19.1 Å². The maximum Gasteiger partial charge on any atom is 0.331 e. The molecule has 1 aromatic rings. The van der Waals surface area contributed by atoms with Crippen molar-refractivity contribution >= 4 is 15.8 Å². The van der Waals surface area contributed by atoms with Gasteiger partial charge >= 0.3 is 5.97 Å². The van der Waals surface area contributed by atoms with Crippen molar-refractivity contribution in [3.63, 3.8) is 0 Å². The van der Waals surface area contributed by atoms with Gasteiger partial charge in [-0.3, -0.25) is 0 Å². The number of esters is 1. The number of benzene rings is 1. The molecule has 0 heterocycles. The van der Waals surface area contributed by atoms with Gasteiger partial charge in [0.2, 0.25) is 0 Å². The Labute approximate surface area is 94.5 Å². The molecule has 16 heavy (non-hydrogen) atoms. The van der Waals surface area contributed by atoms with Crippen molar-refractivity contribution in [3.8, 4) is 0 Å². The summed E-state index contributed by atoms with van der Waals surface area (Å²) < 4.78 is 27.9. The van der Waals surface area contributed by atoms with Crippen molar-refractivity contribution < 1.29 is 17.9 Å². The Morgan fingerprint density at radius 1 is 1.31 bits per heavy atom. The van der Waals surface area contributed by atoms with Gasteiger partial charge in [-0.2, -0.15) is 0 Å². The number of hydrogen-bond donors (Lipinski definition) is 0. The van der Waals surface area contributed by atoms with Gasteiger partial charge in [0, 0.05) is 11.5 Å². The zero-order valence-electron chi connectivity index (χ0n) is 8.79. The highest BCUT2D eigenvalue weighted by Crippen LogP contribution is 2.10. The van der Waals surface area contributed by atoms with Crippen LogP contribution in [0.2, 0.25) is 0 Å². The van der Waals surface area contributed by atoms with Gasteiger partial charge < -0.3 is 4.74 Å². The lowest BCUT2D eigenvalue weighted by atomic mass is 10.4. The second-order valence-corrected chi connectivity index (χ2v) is 4.75. The summed E-state index contributed by atoms with van der Waals surface area (Å²) in [5.74, 6) is -0.665. The predicted molar refractivity (Wildman–Crippen MR) is 59.4 cm³/mol. The molecule has 1 rings (SSSR count). The summed E-state index contributed by atoms with van der Waals surface area (Å²) in [6.45, 7) is 1.87. The van der Waals surface area contributed by atoms with E-state index in [1.807, 2.05) is 0 Å². The fourth-order valence-corrected chi connectivity index (χ4v) is 2.01. The van der Waals surface area contributed by atoms with Crippen molar-refractivity contribution in [1.82, 2.24) is 0 Å². The molecule has 0 aliphatic carbocycles. The molecule has 0 radical (unpaired) electrons. The third-order valence-corrected chi connectivity index (χ3v) is 3.17. The first-order chi connectivity index (χ1) is 7.56. The zero-order chi connectivity index (χ0) is 12.0. The summed E-state index contributed by atoms with van der Waals surface area (Å²) in [4.78, 5) is 11.1. The highest BCUT2D eigenvalue weighted by Gasteiger charge is 2.09. The molecule has 0 N–H and O–H groups in total. The highest BCUT2D eigenvalue weighted by molar-refractivity contribution is 7.94. The lowest BCUT2D eigenvalue weighted by Crippen LogP contribution is -2.02. The number of hydrogen-bond acceptors (Lipinski definition) is 4. The van der Waals surface area contributed by atoms with Crippen LogP contribution in [0, 0.1) is 0 Å².